The van der Waals surface area contributed by atoms with E-state index in [9.17, 15) is 4.79 Å². The Morgan fingerprint density at radius 2 is 2.12 bits per heavy atom. The van der Waals surface area contributed by atoms with Crippen molar-refractivity contribution in [1.29, 1.82) is 0 Å². The van der Waals surface area contributed by atoms with Gasteiger partial charge in [0.25, 0.3) is 0 Å². The summed E-state index contributed by atoms with van der Waals surface area (Å²) in [7, 11) is 1.83. The van der Waals surface area contributed by atoms with Crippen molar-refractivity contribution >= 4 is 22.5 Å². The molecule has 0 radical (unpaired) electrons. The third-order valence-electron chi connectivity index (χ3n) is 5.58. The first-order chi connectivity index (χ1) is 12.4. The highest BCUT2D eigenvalue weighted by atomic mass is 16.2. The topological polar surface area (TPSA) is 64.8 Å². The number of hydrogen-bond acceptors (Lipinski definition) is 2. The summed E-state index contributed by atoms with van der Waals surface area (Å²) >= 11 is 0. The van der Waals surface area contributed by atoms with E-state index in [-0.39, 0.29) is 5.91 Å². The molecule has 3 aromatic rings. The van der Waals surface area contributed by atoms with Gasteiger partial charge in [-0.05, 0) is 48.9 Å². The molecule has 2 N–H and O–H groups in total. The van der Waals surface area contributed by atoms with Gasteiger partial charge in [-0.25, -0.2) is 0 Å². The van der Waals surface area contributed by atoms with Gasteiger partial charge in [-0.3, -0.25) is 9.89 Å². The molecule has 0 unspecified atom stereocenters. The van der Waals surface area contributed by atoms with Gasteiger partial charge in [-0.15, -0.1) is 0 Å². The molecular formula is C21H26N4O. The van der Waals surface area contributed by atoms with Gasteiger partial charge in [0.1, 0.15) is 5.69 Å². The largest absolute Gasteiger partial charge is 0.353 e. The Balaban J connectivity index is 1.71. The van der Waals surface area contributed by atoms with E-state index in [1.54, 1.807) is 4.90 Å². The van der Waals surface area contributed by atoms with Crippen LogP contribution in [0.15, 0.2) is 24.3 Å². The lowest BCUT2D eigenvalue weighted by atomic mass is 9.76. The van der Waals surface area contributed by atoms with Crippen LogP contribution in [0.5, 0.6) is 0 Å². The minimum atomic E-state index is 0.115. The first-order valence-corrected chi connectivity index (χ1v) is 9.34. The van der Waals surface area contributed by atoms with Gasteiger partial charge < -0.3 is 9.88 Å². The smallest absolute Gasteiger partial charge is 0.226 e. The summed E-state index contributed by atoms with van der Waals surface area (Å²) < 4.78 is 0. The number of nitrogens with one attached hydrogen (secondary N) is 2. The number of carbonyl (C=O) groups is 1. The summed E-state index contributed by atoms with van der Waals surface area (Å²) in [6, 6.07) is 8.22. The zero-order valence-electron chi connectivity index (χ0n) is 15.9. The fourth-order valence-corrected chi connectivity index (χ4v) is 3.91. The molecule has 0 fully saturated rings. The SMILES string of the molecule is CCC(=O)N(C)c1ccc2[nH]c(-c3n[nH]c4c3CCC(C)(C)C4)cc2c1. The highest BCUT2D eigenvalue weighted by Crippen LogP contribution is 2.38. The van der Waals surface area contributed by atoms with Crippen molar-refractivity contribution in [2.45, 2.75) is 46.5 Å². The molecule has 26 heavy (non-hydrogen) atoms. The van der Waals surface area contributed by atoms with Crippen LogP contribution in [0, 0.1) is 5.41 Å². The Bertz CT molecular complexity index is 979. The molecule has 136 valence electrons. The second-order valence-electron chi connectivity index (χ2n) is 8.13. The van der Waals surface area contributed by atoms with Gasteiger partial charge >= 0.3 is 0 Å². The number of rotatable bonds is 3. The normalized spacial score (nSPS) is 15.8. The molecule has 1 amide bonds. The third kappa shape index (κ3) is 2.81. The lowest BCUT2D eigenvalue weighted by Crippen LogP contribution is -2.24. The number of fused-ring (bicyclic) bond motifs is 2. The standard InChI is InChI=1S/C21H26N4O/c1-5-19(26)25(4)14-6-7-16-13(10-14)11-17(22-16)20-15-8-9-21(2,3)12-18(15)23-24-20/h6-7,10-11,22H,5,8-9,12H2,1-4H3,(H,23,24). The number of nitrogens with zero attached hydrogens (tertiary/aromatic N) is 2. The Hall–Kier alpha value is -2.56. The summed E-state index contributed by atoms with van der Waals surface area (Å²) in [4.78, 5) is 17.2. The van der Waals surface area contributed by atoms with Crippen molar-refractivity contribution in [2.24, 2.45) is 5.41 Å². The number of carbonyl (C=O) groups excluding carboxylic acids is 1. The quantitative estimate of drug-likeness (QED) is 0.733. The highest BCUT2D eigenvalue weighted by Gasteiger charge is 2.29. The maximum Gasteiger partial charge on any atom is 0.226 e. The van der Waals surface area contributed by atoms with E-state index in [4.69, 9.17) is 0 Å². The summed E-state index contributed by atoms with van der Waals surface area (Å²) in [6.45, 7) is 6.51. The molecule has 0 saturated carbocycles. The molecule has 1 aromatic carbocycles. The zero-order chi connectivity index (χ0) is 18.5. The summed E-state index contributed by atoms with van der Waals surface area (Å²) in [5.74, 6) is 0.115. The fraction of sp³-hybridized carbons (Fsp3) is 0.429. The van der Waals surface area contributed by atoms with Crippen molar-refractivity contribution < 1.29 is 4.79 Å². The van der Waals surface area contributed by atoms with E-state index in [1.807, 2.05) is 26.1 Å². The van der Waals surface area contributed by atoms with Gasteiger partial charge in [-0.2, -0.15) is 5.10 Å². The van der Waals surface area contributed by atoms with Gasteiger partial charge in [-0.1, -0.05) is 20.8 Å². The molecule has 0 atom stereocenters. The van der Waals surface area contributed by atoms with Crippen molar-refractivity contribution in [3.8, 4) is 11.4 Å². The number of hydrogen-bond donors (Lipinski definition) is 2. The minimum absolute atomic E-state index is 0.115. The van der Waals surface area contributed by atoms with Gasteiger partial charge in [0.05, 0.1) is 5.69 Å². The van der Waals surface area contributed by atoms with Crippen molar-refractivity contribution in [3.05, 3.63) is 35.5 Å². The zero-order valence-corrected chi connectivity index (χ0v) is 15.9. The summed E-state index contributed by atoms with van der Waals surface area (Å²) in [5.41, 5.74) is 7.00. The van der Waals surface area contributed by atoms with Crippen molar-refractivity contribution in [1.82, 2.24) is 15.2 Å². The molecule has 5 nitrogen and oxygen atoms in total. The Kier molecular flexibility index (Phi) is 3.90. The molecule has 2 heterocycles. The number of H-pyrrole nitrogens is 2. The molecule has 1 aliphatic rings. The Morgan fingerprint density at radius 1 is 1.31 bits per heavy atom. The van der Waals surface area contributed by atoms with Crippen LogP contribution < -0.4 is 4.90 Å². The Labute approximate surface area is 153 Å². The lowest BCUT2D eigenvalue weighted by molar-refractivity contribution is -0.118. The molecule has 0 spiro atoms. The predicted molar refractivity (Wildman–Crippen MR) is 105 cm³/mol. The Morgan fingerprint density at radius 3 is 2.88 bits per heavy atom. The molecule has 4 rings (SSSR count). The molecule has 0 aliphatic heterocycles. The van der Waals surface area contributed by atoms with Crippen LogP contribution in [-0.2, 0) is 17.6 Å². The van der Waals surface area contributed by atoms with Crippen molar-refractivity contribution in [2.75, 3.05) is 11.9 Å². The molecular weight excluding hydrogens is 324 g/mol. The number of amides is 1. The fourth-order valence-electron chi connectivity index (χ4n) is 3.91. The summed E-state index contributed by atoms with van der Waals surface area (Å²) in [6.07, 6.45) is 3.79. The maximum atomic E-state index is 12.0. The van der Waals surface area contributed by atoms with Crippen LogP contribution in [-0.4, -0.2) is 28.1 Å². The summed E-state index contributed by atoms with van der Waals surface area (Å²) in [5, 5.41) is 8.96. The van der Waals surface area contributed by atoms with E-state index in [2.05, 4.69) is 41.2 Å². The lowest BCUT2D eigenvalue weighted by Gasteiger charge is -2.28. The van der Waals surface area contributed by atoms with Crippen LogP contribution in [0.3, 0.4) is 0 Å². The van der Waals surface area contributed by atoms with E-state index < -0.39 is 0 Å². The van der Waals surface area contributed by atoms with Gasteiger partial charge in [0, 0.05) is 41.3 Å². The van der Waals surface area contributed by atoms with Crippen molar-refractivity contribution in [3.63, 3.8) is 0 Å². The molecule has 2 aromatic heterocycles. The van der Waals surface area contributed by atoms with Crippen LogP contribution in [0.1, 0.15) is 44.9 Å². The van der Waals surface area contributed by atoms with E-state index >= 15 is 0 Å². The number of aromatic nitrogens is 3. The highest BCUT2D eigenvalue weighted by molar-refractivity contribution is 5.96. The molecule has 0 saturated heterocycles. The third-order valence-corrected chi connectivity index (χ3v) is 5.58. The first kappa shape index (κ1) is 16.9. The second kappa shape index (κ2) is 6.01. The van der Waals surface area contributed by atoms with Gasteiger partial charge in [0.15, 0.2) is 0 Å². The average Bonchev–Trinajstić information content (AvgIpc) is 3.21. The molecule has 1 aliphatic carbocycles. The minimum Gasteiger partial charge on any atom is -0.353 e. The van der Waals surface area contributed by atoms with Crippen LogP contribution in [0.2, 0.25) is 0 Å². The first-order valence-electron chi connectivity index (χ1n) is 9.34. The maximum absolute atomic E-state index is 12.0. The molecule has 5 heteroatoms. The van der Waals surface area contributed by atoms with E-state index in [1.165, 1.54) is 17.7 Å². The van der Waals surface area contributed by atoms with E-state index in [0.717, 1.165) is 40.8 Å². The number of aromatic amines is 2. The number of anilines is 1. The average molecular weight is 350 g/mol. The van der Waals surface area contributed by atoms with Gasteiger partial charge in [0.2, 0.25) is 5.91 Å². The van der Waals surface area contributed by atoms with Crippen LogP contribution >= 0.6 is 0 Å². The van der Waals surface area contributed by atoms with Crippen LogP contribution in [0.25, 0.3) is 22.3 Å². The molecule has 0 bridgehead atoms. The second-order valence-corrected chi connectivity index (χ2v) is 8.13. The van der Waals surface area contributed by atoms with E-state index in [0.29, 0.717) is 11.8 Å². The van der Waals surface area contributed by atoms with Crippen LogP contribution in [0.4, 0.5) is 5.69 Å². The monoisotopic (exact) mass is 350 g/mol. The number of benzene rings is 1. The predicted octanol–water partition coefficient (Wildman–Crippen LogP) is 4.45.